The highest BCUT2D eigenvalue weighted by Gasteiger charge is 2.33. The number of carboxylic acid groups (broad SMARTS) is 1. The third-order valence-electron chi connectivity index (χ3n) is 5.25. The van der Waals surface area contributed by atoms with Gasteiger partial charge < -0.3 is 15.2 Å². The summed E-state index contributed by atoms with van der Waals surface area (Å²) in [7, 11) is 0. The van der Waals surface area contributed by atoms with Gasteiger partial charge in [0.05, 0.1) is 5.60 Å². The van der Waals surface area contributed by atoms with Gasteiger partial charge in [-0.1, -0.05) is 35.9 Å². The van der Waals surface area contributed by atoms with Gasteiger partial charge >= 0.3 is 5.97 Å². The molecule has 1 amide bonds. The minimum absolute atomic E-state index is 0.215. The van der Waals surface area contributed by atoms with Crippen molar-refractivity contribution < 1.29 is 19.4 Å². The van der Waals surface area contributed by atoms with Crippen LogP contribution in [-0.4, -0.2) is 27.6 Å². The van der Waals surface area contributed by atoms with Crippen molar-refractivity contribution in [3.05, 3.63) is 81.6 Å². The van der Waals surface area contributed by atoms with Crippen LogP contribution in [-0.2, 0) is 9.53 Å². The summed E-state index contributed by atoms with van der Waals surface area (Å²) in [5, 5.41) is 13.5. The number of benzene rings is 2. The van der Waals surface area contributed by atoms with Crippen molar-refractivity contribution >= 4 is 29.2 Å². The quantitative estimate of drug-likeness (QED) is 0.419. The zero-order valence-electron chi connectivity index (χ0n) is 20.2. The van der Waals surface area contributed by atoms with Crippen LogP contribution in [0.25, 0.3) is 11.1 Å². The average Bonchev–Trinajstić information content (AvgIpc) is 2.73. The van der Waals surface area contributed by atoms with Crippen LogP contribution in [0.3, 0.4) is 0 Å². The monoisotopic (exact) mass is 480 g/mol. The Morgan fingerprint density at radius 1 is 1.06 bits per heavy atom. The van der Waals surface area contributed by atoms with Gasteiger partial charge in [0, 0.05) is 22.0 Å². The van der Waals surface area contributed by atoms with Gasteiger partial charge in [-0.15, -0.1) is 0 Å². The number of pyridine rings is 1. The van der Waals surface area contributed by atoms with E-state index in [2.05, 4.69) is 10.3 Å². The van der Waals surface area contributed by atoms with E-state index >= 15 is 0 Å². The van der Waals surface area contributed by atoms with Crippen LogP contribution < -0.4 is 5.32 Å². The number of nitrogens with one attached hydrogen (secondary N) is 1. The molecule has 0 unspecified atom stereocenters. The van der Waals surface area contributed by atoms with E-state index in [-0.39, 0.29) is 11.6 Å². The van der Waals surface area contributed by atoms with Gasteiger partial charge in [0.2, 0.25) is 0 Å². The molecule has 178 valence electrons. The number of anilines is 1. The number of aromatic nitrogens is 1. The normalized spacial score (nSPS) is 12.3. The average molecular weight is 481 g/mol. The summed E-state index contributed by atoms with van der Waals surface area (Å²) < 4.78 is 5.95. The van der Waals surface area contributed by atoms with Crippen molar-refractivity contribution in [3.63, 3.8) is 0 Å². The molecule has 0 bridgehead atoms. The Bertz CT molecular complexity index is 1230. The first-order valence-corrected chi connectivity index (χ1v) is 11.3. The molecule has 0 spiro atoms. The lowest BCUT2D eigenvalue weighted by Crippen LogP contribution is -2.29. The second-order valence-corrected chi connectivity index (χ2v) is 9.67. The van der Waals surface area contributed by atoms with Crippen molar-refractivity contribution in [2.45, 2.75) is 53.2 Å². The van der Waals surface area contributed by atoms with Crippen LogP contribution in [0.15, 0.2) is 48.5 Å². The molecule has 3 rings (SSSR count). The summed E-state index contributed by atoms with van der Waals surface area (Å²) in [6.45, 7) is 10.8. The SMILES string of the molecule is Cc1cccc(NC(=O)c2nc(C)c([C@H](OC(C)(C)C)C(=O)O)c(-c3ccc(Cl)cc3)c2C)c1. The van der Waals surface area contributed by atoms with Gasteiger partial charge in [-0.05, 0) is 88.1 Å². The molecule has 0 saturated carbocycles. The summed E-state index contributed by atoms with van der Waals surface area (Å²) in [4.78, 5) is 30.1. The van der Waals surface area contributed by atoms with Gasteiger partial charge in [0.25, 0.3) is 5.91 Å². The number of aryl methyl sites for hydroxylation is 2. The Kier molecular flexibility index (Phi) is 7.44. The number of amides is 1. The fourth-order valence-electron chi connectivity index (χ4n) is 3.84. The molecule has 3 aromatic rings. The number of nitrogens with zero attached hydrogens (tertiary/aromatic N) is 1. The van der Waals surface area contributed by atoms with Crippen LogP contribution in [0, 0.1) is 20.8 Å². The lowest BCUT2D eigenvalue weighted by atomic mass is 9.89. The van der Waals surface area contributed by atoms with E-state index in [1.54, 1.807) is 65.0 Å². The summed E-state index contributed by atoms with van der Waals surface area (Å²) in [5.41, 5.74) is 3.84. The predicted molar refractivity (Wildman–Crippen MR) is 135 cm³/mol. The topological polar surface area (TPSA) is 88.5 Å². The number of carbonyl (C=O) groups excluding carboxylic acids is 1. The molecular weight excluding hydrogens is 452 g/mol. The zero-order valence-corrected chi connectivity index (χ0v) is 20.9. The smallest absolute Gasteiger partial charge is 0.337 e. The Balaban J connectivity index is 2.22. The van der Waals surface area contributed by atoms with Crippen molar-refractivity contribution in [3.8, 4) is 11.1 Å². The van der Waals surface area contributed by atoms with Crippen LogP contribution in [0.4, 0.5) is 5.69 Å². The number of carboxylic acids is 1. The highest BCUT2D eigenvalue weighted by atomic mass is 35.5. The van der Waals surface area contributed by atoms with Crippen LogP contribution in [0.2, 0.25) is 5.02 Å². The largest absolute Gasteiger partial charge is 0.479 e. The van der Waals surface area contributed by atoms with Gasteiger partial charge in [-0.3, -0.25) is 4.79 Å². The molecule has 1 heterocycles. The molecule has 0 aliphatic carbocycles. The van der Waals surface area contributed by atoms with Crippen LogP contribution in [0.5, 0.6) is 0 Å². The zero-order chi connectivity index (χ0) is 25.2. The molecular formula is C27H29ClN2O4. The highest BCUT2D eigenvalue weighted by Crippen LogP contribution is 2.38. The fourth-order valence-corrected chi connectivity index (χ4v) is 3.97. The van der Waals surface area contributed by atoms with Crippen LogP contribution >= 0.6 is 11.6 Å². The molecule has 2 N–H and O–H groups in total. The van der Waals surface area contributed by atoms with Gasteiger partial charge in [-0.2, -0.15) is 0 Å². The van der Waals surface area contributed by atoms with Gasteiger partial charge in [-0.25, -0.2) is 9.78 Å². The molecule has 0 saturated heterocycles. The maximum atomic E-state index is 13.2. The van der Waals surface area contributed by atoms with Crippen molar-refractivity contribution in [2.75, 3.05) is 5.32 Å². The lowest BCUT2D eigenvalue weighted by Gasteiger charge is -2.28. The second kappa shape index (κ2) is 9.95. The minimum Gasteiger partial charge on any atom is -0.479 e. The Morgan fingerprint density at radius 3 is 2.26 bits per heavy atom. The molecule has 1 atom stereocenters. The third kappa shape index (κ3) is 5.82. The van der Waals surface area contributed by atoms with E-state index in [0.29, 0.717) is 33.1 Å². The Hall–Kier alpha value is -3.22. The molecule has 0 radical (unpaired) electrons. The summed E-state index contributed by atoms with van der Waals surface area (Å²) >= 11 is 6.10. The number of halogens is 1. The molecule has 0 aliphatic heterocycles. The fraction of sp³-hybridized carbons (Fsp3) is 0.296. The maximum Gasteiger partial charge on any atom is 0.337 e. The predicted octanol–water partition coefficient (Wildman–Crippen LogP) is 6.52. The van der Waals surface area contributed by atoms with Gasteiger partial charge in [0.15, 0.2) is 6.10 Å². The van der Waals surface area contributed by atoms with E-state index in [1.165, 1.54) is 0 Å². The number of hydrogen-bond donors (Lipinski definition) is 2. The standard InChI is InChI=1S/C27H29ClN2O4/c1-15-8-7-9-20(14-15)30-25(31)23-16(2)21(18-10-12-19(28)13-11-18)22(17(3)29-23)24(26(32)33)34-27(4,5)6/h7-14,24H,1-6H3,(H,30,31)(H,32,33)/t24-/m0/s1. The Labute approximate surface area is 204 Å². The number of rotatable bonds is 6. The number of aliphatic carboxylic acids is 1. The first kappa shape index (κ1) is 25.4. The maximum absolute atomic E-state index is 13.2. The second-order valence-electron chi connectivity index (χ2n) is 9.24. The molecule has 7 heteroatoms. The molecule has 1 aromatic heterocycles. The van der Waals surface area contributed by atoms with Crippen LogP contribution in [0.1, 0.15) is 59.7 Å². The molecule has 34 heavy (non-hydrogen) atoms. The number of hydrogen-bond acceptors (Lipinski definition) is 4. The van der Waals surface area contributed by atoms with Crippen molar-refractivity contribution in [1.82, 2.24) is 4.98 Å². The Morgan fingerprint density at radius 2 is 1.71 bits per heavy atom. The van der Waals surface area contributed by atoms with E-state index in [9.17, 15) is 14.7 Å². The van der Waals surface area contributed by atoms with Crippen molar-refractivity contribution in [2.24, 2.45) is 0 Å². The summed E-state index contributed by atoms with van der Waals surface area (Å²) in [6, 6.07) is 14.5. The van der Waals surface area contributed by atoms with E-state index in [0.717, 1.165) is 11.1 Å². The van der Waals surface area contributed by atoms with E-state index in [1.807, 2.05) is 25.1 Å². The highest BCUT2D eigenvalue weighted by molar-refractivity contribution is 6.30. The number of ether oxygens (including phenoxy) is 1. The first-order valence-electron chi connectivity index (χ1n) is 10.9. The first-order chi connectivity index (χ1) is 15.9. The molecule has 0 fully saturated rings. The summed E-state index contributed by atoms with van der Waals surface area (Å²) in [6.07, 6.45) is -1.27. The summed E-state index contributed by atoms with van der Waals surface area (Å²) in [5.74, 6) is -1.51. The lowest BCUT2D eigenvalue weighted by molar-refractivity contribution is -0.160. The third-order valence-corrected chi connectivity index (χ3v) is 5.50. The van der Waals surface area contributed by atoms with E-state index < -0.39 is 17.7 Å². The van der Waals surface area contributed by atoms with E-state index in [4.69, 9.17) is 16.3 Å². The number of carbonyl (C=O) groups is 2. The van der Waals surface area contributed by atoms with Crippen molar-refractivity contribution in [1.29, 1.82) is 0 Å². The molecule has 2 aromatic carbocycles. The van der Waals surface area contributed by atoms with Gasteiger partial charge in [0.1, 0.15) is 5.69 Å². The molecule has 0 aliphatic rings. The minimum atomic E-state index is -1.27. The molecule has 6 nitrogen and oxygen atoms in total.